The molecule has 0 unspecified atom stereocenters. The largest absolute Gasteiger partial charge is 0.369 e. The highest BCUT2D eigenvalue weighted by atomic mass is 19.1. The molecule has 0 aliphatic carbocycles. The van der Waals surface area contributed by atoms with Crippen LogP contribution >= 0.6 is 0 Å². The second-order valence-corrected chi connectivity index (χ2v) is 10.1. The molecule has 1 amide bonds. The van der Waals surface area contributed by atoms with Crippen LogP contribution in [0.25, 0.3) is 11.3 Å². The molecule has 1 aromatic heterocycles. The third-order valence-electron chi connectivity index (χ3n) is 7.01. The number of aromatic nitrogens is 2. The van der Waals surface area contributed by atoms with Gasteiger partial charge in [-0.25, -0.2) is 14.4 Å². The molecule has 1 fully saturated rings. The number of hydrogen-bond acceptors (Lipinski definition) is 6. The number of likely N-dealkylation sites (N-methyl/N-ethyl adjacent to an activating group) is 1. The summed E-state index contributed by atoms with van der Waals surface area (Å²) in [5.41, 5.74) is 5.32. The average Bonchev–Trinajstić information content (AvgIpc) is 2.84. The van der Waals surface area contributed by atoms with Gasteiger partial charge in [-0.1, -0.05) is 26.0 Å². The number of amides is 1. The van der Waals surface area contributed by atoms with Gasteiger partial charge in [-0.3, -0.25) is 4.79 Å². The van der Waals surface area contributed by atoms with Crippen LogP contribution in [0.5, 0.6) is 0 Å². The zero-order valence-electron chi connectivity index (χ0n) is 20.7. The van der Waals surface area contributed by atoms with Crippen LogP contribution in [0.1, 0.15) is 35.3 Å². The number of fused-ring (bicyclic) bond motifs is 1. The van der Waals surface area contributed by atoms with Crippen molar-refractivity contribution in [2.75, 3.05) is 50.0 Å². The monoisotopic (exact) mass is 474 g/mol. The molecular formula is C27H31FN6O. The van der Waals surface area contributed by atoms with Gasteiger partial charge in [0, 0.05) is 60.6 Å². The fourth-order valence-electron chi connectivity index (χ4n) is 4.78. The molecular weight excluding hydrogens is 443 g/mol. The summed E-state index contributed by atoms with van der Waals surface area (Å²) in [5.74, 6) is -0.285. The summed E-state index contributed by atoms with van der Waals surface area (Å²) in [6, 6.07) is 11.5. The fraction of sp³-hybridized carbons (Fsp3) is 0.370. The van der Waals surface area contributed by atoms with Crippen molar-refractivity contribution in [2.24, 2.45) is 0 Å². The van der Waals surface area contributed by atoms with Gasteiger partial charge in [-0.15, -0.1) is 0 Å². The summed E-state index contributed by atoms with van der Waals surface area (Å²) >= 11 is 0. The van der Waals surface area contributed by atoms with Crippen molar-refractivity contribution < 1.29 is 9.18 Å². The summed E-state index contributed by atoms with van der Waals surface area (Å²) < 4.78 is 14.8. The van der Waals surface area contributed by atoms with E-state index in [1.54, 1.807) is 12.1 Å². The third-order valence-corrected chi connectivity index (χ3v) is 7.01. The lowest BCUT2D eigenvalue weighted by Gasteiger charge is -2.35. The molecule has 2 aliphatic rings. The number of nitrogens with one attached hydrogen (secondary N) is 2. The molecule has 182 valence electrons. The highest BCUT2D eigenvalue weighted by Crippen LogP contribution is 2.34. The van der Waals surface area contributed by atoms with Crippen molar-refractivity contribution in [2.45, 2.75) is 26.2 Å². The topological polar surface area (TPSA) is 73.4 Å². The van der Waals surface area contributed by atoms with E-state index in [1.807, 2.05) is 12.1 Å². The van der Waals surface area contributed by atoms with E-state index in [2.05, 4.69) is 70.4 Å². The Balaban J connectivity index is 1.44. The van der Waals surface area contributed by atoms with Gasteiger partial charge >= 0.3 is 0 Å². The molecule has 5 rings (SSSR count). The number of halogens is 1. The summed E-state index contributed by atoms with van der Waals surface area (Å²) in [7, 11) is 2.14. The number of rotatable bonds is 4. The van der Waals surface area contributed by atoms with E-state index in [4.69, 9.17) is 0 Å². The zero-order chi connectivity index (χ0) is 24.7. The SMILES string of the molecule is Cc1ccc(Nc2ncc(F)c(-c3ccc4c(c3)C(C)(C)CNC4=O)n2)cc1N1CCN(C)CC1. The van der Waals surface area contributed by atoms with Gasteiger partial charge in [0.05, 0.1) is 6.20 Å². The number of piperazine rings is 1. The molecule has 1 saturated heterocycles. The van der Waals surface area contributed by atoms with Crippen molar-refractivity contribution in [1.29, 1.82) is 0 Å². The van der Waals surface area contributed by atoms with Gasteiger partial charge in [-0.05, 0) is 49.4 Å². The lowest BCUT2D eigenvalue weighted by molar-refractivity contribution is 0.0930. The van der Waals surface area contributed by atoms with Crippen LogP contribution in [0.4, 0.5) is 21.7 Å². The lowest BCUT2D eigenvalue weighted by Crippen LogP contribution is -2.44. The molecule has 2 aliphatic heterocycles. The van der Waals surface area contributed by atoms with Crippen molar-refractivity contribution >= 4 is 23.2 Å². The van der Waals surface area contributed by atoms with E-state index in [-0.39, 0.29) is 17.0 Å². The fourth-order valence-corrected chi connectivity index (χ4v) is 4.78. The Kier molecular flexibility index (Phi) is 5.92. The normalized spacial score (nSPS) is 17.6. The number of aryl methyl sites for hydroxylation is 1. The molecule has 3 aromatic rings. The summed E-state index contributed by atoms with van der Waals surface area (Å²) in [6.07, 6.45) is 1.19. The van der Waals surface area contributed by atoms with Gasteiger partial charge in [-0.2, -0.15) is 0 Å². The van der Waals surface area contributed by atoms with Crippen LogP contribution in [0.15, 0.2) is 42.6 Å². The summed E-state index contributed by atoms with van der Waals surface area (Å²) in [4.78, 5) is 25.7. The number of benzene rings is 2. The standard InChI is InChI=1S/C27H31FN6O/c1-17-5-7-19(14-23(17)34-11-9-33(4)10-12-34)31-26-29-15-22(28)24(32-26)18-6-8-20-21(13-18)27(2,3)16-30-25(20)35/h5-8,13-15H,9-12,16H2,1-4H3,(H,30,35)(H,29,31,32). The van der Waals surface area contributed by atoms with Crippen LogP contribution in [0, 0.1) is 12.7 Å². The van der Waals surface area contributed by atoms with E-state index >= 15 is 0 Å². The minimum Gasteiger partial charge on any atom is -0.369 e. The van der Waals surface area contributed by atoms with E-state index < -0.39 is 5.82 Å². The number of nitrogens with zero attached hydrogens (tertiary/aromatic N) is 4. The Labute approximate surface area is 205 Å². The lowest BCUT2D eigenvalue weighted by atomic mass is 9.78. The molecule has 0 saturated carbocycles. The molecule has 7 nitrogen and oxygen atoms in total. The predicted molar refractivity (Wildman–Crippen MR) is 137 cm³/mol. The Hall–Kier alpha value is -3.52. The minimum absolute atomic E-state index is 0.105. The van der Waals surface area contributed by atoms with E-state index in [0.717, 1.165) is 37.4 Å². The average molecular weight is 475 g/mol. The number of anilines is 3. The third kappa shape index (κ3) is 4.58. The van der Waals surface area contributed by atoms with Crippen LogP contribution in [-0.4, -0.2) is 60.5 Å². The van der Waals surface area contributed by atoms with Gasteiger partial charge < -0.3 is 20.4 Å². The summed E-state index contributed by atoms with van der Waals surface area (Å²) in [5, 5.41) is 6.17. The van der Waals surface area contributed by atoms with Crippen LogP contribution in [0.2, 0.25) is 0 Å². The second-order valence-electron chi connectivity index (χ2n) is 10.1. The smallest absolute Gasteiger partial charge is 0.251 e. The molecule has 35 heavy (non-hydrogen) atoms. The second kappa shape index (κ2) is 8.92. The quantitative estimate of drug-likeness (QED) is 0.593. The first-order chi connectivity index (χ1) is 16.7. The highest BCUT2D eigenvalue weighted by molar-refractivity contribution is 5.98. The van der Waals surface area contributed by atoms with Gasteiger partial charge in [0.15, 0.2) is 5.82 Å². The maximum atomic E-state index is 14.8. The molecule has 0 radical (unpaired) electrons. The molecule has 0 atom stereocenters. The molecule has 0 spiro atoms. The number of hydrogen-bond donors (Lipinski definition) is 2. The maximum absolute atomic E-state index is 14.8. The molecule has 2 aromatic carbocycles. The first kappa shape index (κ1) is 23.2. The molecule has 2 N–H and O–H groups in total. The van der Waals surface area contributed by atoms with Gasteiger partial charge in [0.25, 0.3) is 5.91 Å². The first-order valence-electron chi connectivity index (χ1n) is 12.0. The predicted octanol–water partition coefficient (Wildman–Crippen LogP) is 4.11. The van der Waals surface area contributed by atoms with Gasteiger partial charge in [0.2, 0.25) is 5.95 Å². The van der Waals surface area contributed by atoms with Crippen molar-refractivity contribution in [1.82, 2.24) is 20.2 Å². The highest BCUT2D eigenvalue weighted by Gasteiger charge is 2.32. The van der Waals surface area contributed by atoms with Crippen molar-refractivity contribution in [3.05, 3.63) is 65.1 Å². The Bertz CT molecular complexity index is 1280. The Morgan fingerprint density at radius 3 is 2.63 bits per heavy atom. The zero-order valence-corrected chi connectivity index (χ0v) is 20.7. The van der Waals surface area contributed by atoms with Crippen molar-refractivity contribution in [3.8, 4) is 11.3 Å². The van der Waals surface area contributed by atoms with Crippen LogP contribution in [0.3, 0.4) is 0 Å². The minimum atomic E-state index is -0.504. The Morgan fingerprint density at radius 1 is 1.09 bits per heavy atom. The first-order valence-corrected chi connectivity index (χ1v) is 12.0. The molecule has 0 bridgehead atoms. The summed E-state index contributed by atoms with van der Waals surface area (Å²) in [6.45, 7) is 10.8. The maximum Gasteiger partial charge on any atom is 0.251 e. The Morgan fingerprint density at radius 2 is 1.86 bits per heavy atom. The molecule has 8 heteroatoms. The van der Waals surface area contributed by atoms with E-state index in [0.29, 0.717) is 23.6 Å². The molecule has 3 heterocycles. The number of carbonyl (C=O) groups excluding carboxylic acids is 1. The van der Waals surface area contributed by atoms with E-state index in [1.165, 1.54) is 17.4 Å². The van der Waals surface area contributed by atoms with Crippen molar-refractivity contribution in [3.63, 3.8) is 0 Å². The van der Waals surface area contributed by atoms with Crippen LogP contribution < -0.4 is 15.5 Å². The number of carbonyl (C=O) groups is 1. The van der Waals surface area contributed by atoms with E-state index in [9.17, 15) is 9.18 Å². The van der Waals surface area contributed by atoms with Crippen LogP contribution in [-0.2, 0) is 5.41 Å². The van der Waals surface area contributed by atoms with Gasteiger partial charge in [0.1, 0.15) is 5.69 Å².